The molecule has 1 N–H and O–H groups in total. The molecule has 0 aliphatic carbocycles. The van der Waals surface area contributed by atoms with Gasteiger partial charge in [0.2, 0.25) is 5.91 Å². The lowest BCUT2D eigenvalue weighted by Crippen LogP contribution is -2.38. The molecule has 0 bridgehead atoms. The summed E-state index contributed by atoms with van der Waals surface area (Å²) in [7, 11) is 0. The lowest BCUT2D eigenvalue weighted by molar-refractivity contribution is -0.128. The summed E-state index contributed by atoms with van der Waals surface area (Å²) < 4.78 is 4.99. The summed E-state index contributed by atoms with van der Waals surface area (Å²) in [4.78, 5) is 24.8. The Morgan fingerprint density at radius 2 is 2.11 bits per heavy atom. The molecule has 0 radical (unpaired) electrons. The second-order valence-electron chi connectivity index (χ2n) is 4.45. The van der Waals surface area contributed by atoms with Gasteiger partial charge in [0, 0.05) is 26.6 Å². The third-order valence-corrected chi connectivity index (χ3v) is 2.89. The highest BCUT2D eigenvalue weighted by Gasteiger charge is 2.10. The molecule has 106 valence electrons. The van der Waals surface area contributed by atoms with Crippen LogP contribution in [0.3, 0.4) is 0 Å². The molecule has 1 rings (SSSR count). The zero-order valence-corrected chi connectivity index (χ0v) is 11.6. The molecule has 0 aliphatic rings. The smallest absolute Gasteiger partial charge is 0.287 e. The number of amides is 2. The van der Waals surface area contributed by atoms with Crippen LogP contribution in [0.2, 0.25) is 0 Å². The fraction of sp³-hybridized carbons (Fsp3) is 0.571. The number of carbonyl (C=O) groups is 2. The fourth-order valence-corrected chi connectivity index (χ4v) is 1.78. The maximum atomic E-state index is 11.6. The number of rotatable bonds is 8. The molecular formula is C14H22N2O3. The topological polar surface area (TPSA) is 62.6 Å². The van der Waals surface area contributed by atoms with Gasteiger partial charge in [0.25, 0.3) is 5.91 Å². The molecule has 1 aromatic heterocycles. The van der Waals surface area contributed by atoms with Crippen LogP contribution in [0, 0.1) is 0 Å². The molecule has 0 aromatic carbocycles. The van der Waals surface area contributed by atoms with Crippen LogP contribution < -0.4 is 5.32 Å². The van der Waals surface area contributed by atoms with Gasteiger partial charge in [0.05, 0.1) is 6.26 Å². The largest absolute Gasteiger partial charge is 0.459 e. The van der Waals surface area contributed by atoms with Crippen LogP contribution in [0.15, 0.2) is 22.8 Å². The molecule has 1 heterocycles. The van der Waals surface area contributed by atoms with Crippen LogP contribution in [-0.2, 0) is 4.79 Å². The fourth-order valence-electron chi connectivity index (χ4n) is 1.78. The maximum Gasteiger partial charge on any atom is 0.287 e. The number of furan rings is 1. The Bertz CT molecular complexity index is 387. The number of nitrogens with one attached hydrogen (secondary N) is 1. The van der Waals surface area contributed by atoms with Gasteiger partial charge < -0.3 is 14.6 Å². The highest BCUT2D eigenvalue weighted by atomic mass is 16.3. The summed E-state index contributed by atoms with van der Waals surface area (Å²) in [6, 6.07) is 3.28. The molecule has 2 amide bonds. The molecule has 0 spiro atoms. The molecule has 5 nitrogen and oxygen atoms in total. The second kappa shape index (κ2) is 8.34. The van der Waals surface area contributed by atoms with Crippen molar-refractivity contribution in [3.63, 3.8) is 0 Å². The highest BCUT2D eigenvalue weighted by Crippen LogP contribution is 2.00. The zero-order valence-electron chi connectivity index (χ0n) is 11.6. The first kappa shape index (κ1) is 15.3. The van der Waals surface area contributed by atoms with Gasteiger partial charge in [0.15, 0.2) is 5.76 Å². The summed E-state index contributed by atoms with van der Waals surface area (Å²) in [5.74, 6) is 0.0887. The van der Waals surface area contributed by atoms with Gasteiger partial charge in [-0.2, -0.15) is 0 Å². The van der Waals surface area contributed by atoms with E-state index in [1.54, 1.807) is 24.0 Å². The van der Waals surface area contributed by atoms with Crippen molar-refractivity contribution in [1.29, 1.82) is 0 Å². The third kappa shape index (κ3) is 5.59. The van der Waals surface area contributed by atoms with E-state index in [1.165, 1.54) is 6.26 Å². The van der Waals surface area contributed by atoms with E-state index in [0.717, 1.165) is 25.8 Å². The Morgan fingerprint density at radius 1 is 1.32 bits per heavy atom. The second-order valence-corrected chi connectivity index (χ2v) is 4.45. The lowest BCUT2D eigenvalue weighted by atomic mass is 10.2. The molecule has 1 aromatic rings. The van der Waals surface area contributed by atoms with Gasteiger partial charge in [-0.1, -0.05) is 19.8 Å². The average molecular weight is 266 g/mol. The van der Waals surface area contributed by atoms with Crippen LogP contribution in [0.4, 0.5) is 0 Å². The first-order chi connectivity index (χ1) is 9.15. The number of nitrogens with zero attached hydrogens (tertiary/aromatic N) is 1. The molecule has 0 atom stereocenters. The SMILES string of the molecule is CCCCCN(CCNC(=O)c1ccco1)C(C)=O. The quantitative estimate of drug-likeness (QED) is 0.732. The van der Waals surface area contributed by atoms with Crippen molar-refractivity contribution >= 4 is 11.8 Å². The van der Waals surface area contributed by atoms with Crippen LogP contribution in [0.25, 0.3) is 0 Å². The van der Waals surface area contributed by atoms with Crippen molar-refractivity contribution in [3.05, 3.63) is 24.2 Å². The van der Waals surface area contributed by atoms with Gasteiger partial charge in [-0.25, -0.2) is 0 Å². The standard InChI is InChI=1S/C14H22N2O3/c1-3-4-5-9-16(12(2)17)10-8-15-14(18)13-7-6-11-19-13/h6-7,11H,3-5,8-10H2,1-2H3,(H,15,18). The zero-order chi connectivity index (χ0) is 14.1. The Morgan fingerprint density at radius 3 is 2.68 bits per heavy atom. The third-order valence-electron chi connectivity index (χ3n) is 2.89. The number of carbonyl (C=O) groups excluding carboxylic acids is 2. The Kier molecular flexibility index (Phi) is 6.71. The Balaban J connectivity index is 2.28. The Hall–Kier alpha value is -1.78. The monoisotopic (exact) mass is 266 g/mol. The summed E-state index contributed by atoms with van der Waals surface area (Å²) in [6.45, 7) is 5.40. The predicted molar refractivity (Wildman–Crippen MR) is 72.8 cm³/mol. The van der Waals surface area contributed by atoms with E-state index in [4.69, 9.17) is 4.42 Å². The van der Waals surface area contributed by atoms with E-state index in [2.05, 4.69) is 12.2 Å². The van der Waals surface area contributed by atoms with Crippen molar-refractivity contribution in [2.24, 2.45) is 0 Å². The van der Waals surface area contributed by atoms with Crippen molar-refractivity contribution < 1.29 is 14.0 Å². The van der Waals surface area contributed by atoms with Gasteiger partial charge in [-0.05, 0) is 18.6 Å². The molecular weight excluding hydrogens is 244 g/mol. The minimum atomic E-state index is -0.248. The molecule has 0 aliphatic heterocycles. The molecule has 0 saturated heterocycles. The number of hydrogen-bond acceptors (Lipinski definition) is 3. The lowest BCUT2D eigenvalue weighted by Gasteiger charge is -2.20. The van der Waals surface area contributed by atoms with E-state index < -0.39 is 0 Å². The number of hydrogen-bond donors (Lipinski definition) is 1. The summed E-state index contributed by atoms with van der Waals surface area (Å²) in [5, 5.41) is 2.73. The normalized spacial score (nSPS) is 10.2. The molecule has 0 fully saturated rings. The van der Waals surface area contributed by atoms with Crippen LogP contribution >= 0.6 is 0 Å². The first-order valence-corrected chi connectivity index (χ1v) is 6.72. The highest BCUT2D eigenvalue weighted by molar-refractivity contribution is 5.91. The van der Waals surface area contributed by atoms with Crippen molar-refractivity contribution in [2.75, 3.05) is 19.6 Å². The minimum Gasteiger partial charge on any atom is -0.459 e. The summed E-state index contributed by atoms with van der Waals surface area (Å²) in [5.41, 5.74) is 0. The molecule has 0 saturated carbocycles. The number of unbranched alkanes of at least 4 members (excludes halogenated alkanes) is 2. The van der Waals surface area contributed by atoms with E-state index >= 15 is 0 Å². The van der Waals surface area contributed by atoms with E-state index in [9.17, 15) is 9.59 Å². The van der Waals surface area contributed by atoms with Crippen LogP contribution in [-0.4, -0.2) is 36.3 Å². The average Bonchev–Trinajstić information content (AvgIpc) is 2.90. The minimum absolute atomic E-state index is 0.0448. The van der Waals surface area contributed by atoms with Crippen molar-refractivity contribution in [3.8, 4) is 0 Å². The first-order valence-electron chi connectivity index (χ1n) is 6.72. The van der Waals surface area contributed by atoms with E-state index in [1.807, 2.05) is 0 Å². The van der Waals surface area contributed by atoms with Gasteiger partial charge in [-0.15, -0.1) is 0 Å². The summed E-state index contributed by atoms with van der Waals surface area (Å²) in [6.07, 6.45) is 4.70. The van der Waals surface area contributed by atoms with Crippen LogP contribution in [0.5, 0.6) is 0 Å². The summed E-state index contributed by atoms with van der Waals surface area (Å²) >= 11 is 0. The van der Waals surface area contributed by atoms with Gasteiger partial charge in [0.1, 0.15) is 0 Å². The maximum absolute atomic E-state index is 11.6. The van der Waals surface area contributed by atoms with E-state index in [0.29, 0.717) is 18.8 Å². The van der Waals surface area contributed by atoms with Crippen molar-refractivity contribution in [2.45, 2.75) is 33.1 Å². The van der Waals surface area contributed by atoms with E-state index in [-0.39, 0.29) is 11.8 Å². The Labute approximate surface area is 114 Å². The van der Waals surface area contributed by atoms with Gasteiger partial charge >= 0.3 is 0 Å². The molecule has 0 unspecified atom stereocenters. The molecule has 5 heteroatoms. The molecule has 19 heavy (non-hydrogen) atoms. The van der Waals surface area contributed by atoms with Crippen molar-refractivity contribution in [1.82, 2.24) is 10.2 Å². The van der Waals surface area contributed by atoms with Gasteiger partial charge in [-0.3, -0.25) is 9.59 Å². The predicted octanol–water partition coefficient (Wildman–Crippen LogP) is 2.05. The van der Waals surface area contributed by atoms with Crippen LogP contribution in [0.1, 0.15) is 43.7 Å².